The van der Waals surface area contributed by atoms with E-state index in [1.54, 1.807) is 25.1 Å². The van der Waals surface area contributed by atoms with Crippen molar-refractivity contribution in [1.29, 1.82) is 0 Å². The lowest BCUT2D eigenvalue weighted by molar-refractivity contribution is -0.115. The Kier molecular flexibility index (Phi) is 4.50. The van der Waals surface area contributed by atoms with Crippen molar-refractivity contribution in [2.45, 2.75) is 24.0 Å². The van der Waals surface area contributed by atoms with Gasteiger partial charge in [-0.2, -0.15) is 0 Å². The maximum Gasteiger partial charge on any atom is 0.238 e. The van der Waals surface area contributed by atoms with Gasteiger partial charge in [0.15, 0.2) is 5.82 Å². The fourth-order valence-corrected chi connectivity index (χ4v) is 2.42. The van der Waals surface area contributed by atoms with E-state index in [2.05, 4.69) is 10.5 Å². The van der Waals surface area contributed by atoms with E-state index in [9.17, 15) is 4.79 Å². The van der Waals surface area contributed by atoms with Crippen LogP contribution in [-0.2, 0) is 4.79 Å². The van der Waals surface area contributed by atoms with Crippen LogP contribution in [0.5, 0.6) is 0 Å². The first-order valence-electron chi connectivity index (χ1n) is 5.71. The Hall–Kier alpha value is -1.46. The zero-order valence-electron chi connectivity index (χ0n) is 10.5. The van der Waals surface area contributed by atoms with Crippen molar-refractivity contribution in [1.82, 2.24) is 5.16 Å². The van der Waals surface area contributed by atoms with Crippen molar-refractivity contribution < 1.29 is 9.32 Å². The van der Waals surface area contributed by atoms with Crippen LogP contribution in [0.3, 0.4) is 0 Å². The minimum absolute atomic E-state index is 0.117. The zero-order chi connectivity index (χ0) is 13.8. The quantitative estimate of drug-likeness (QED) is 0.873. The molecule has 0 saturated heterocycles. The van der Waals surface area contributed by atoms with Crippen molar-refractivity contribution in [3.63, 3.8) is 0 Å². The number of hydrogen-bond donors (Lipinski definition) is 1. The Morgan fingerprint density at radius 1 is 1.42 bits per heavy atom. The topological polar surface area (TPSA) is 55.1 Å². The summed E-state index contributed by atoms with van der Waals surface area (Å²) in [5, 5.41) is 6.87. The Labute approximate surface area is 120 Å². The largest absolute Gasteiger partial charge is 0.360 e. The molecule has 0 aliphatic carbocycles. The van der Waals surface area contributed by atoms with Gasteiger partial charge in [0.2, 0.25) is 5.91 Å². The number of thioether (sulfide) groups is 1. The monoisotopic (exact) mass is 296 g/mol. The van der Waals surface area contributed by atoms with Gasteiger partial charge in [0, 0.05) is 16.0 Å². The fourth-order valence-electron chi connectivity index (χ4n) is 1.42. The number of rotatable bonds is 4. The predicted octanol–water partition coefficient (Wildman–Crippen LogP) is 3.76. The second-order valence-electron chi connectivity index (χ2n) is 4.03. The molecule has 1 amide bonds. The van der Waals surface area contributed by atoms with Gasteiger partial charge in [0.05, 0.1) is 5.25 Å². The summed E-state index contributed by atoms with van der Waals surface area (Å²) in [6.07, 6.45) is 0. The van der Waals surface area contributed by atoms with Crippen LogP contribution >= 0.6 is 23.4 Å². The lowest BCUT2D eigenvalue weighted by Gasteiger charge is -2.10. The molecule has 4 nitrogen and oxygen atoms in total. The van der Waals surface area contributed by atoms with E-state index < -0.39 is 0 Å². The number of nitrogens with one attached hydrogen (secondary N) is 1. The molecule has 0 aliphatic heterocycles. The Morgan fingerprint density at radius 3 is 2.68 bits per heavy atom. The molecule has 1 atom stereocenters. The molecular formula is C13H13ClN2O2S. The molecule has 0 bridgehead atoms. The Bertz CT molecular complexity index is 568. The number of benzene rings is 1. The van der Waals surface area contributed by atoms with Gasteiger partial charge in [-0.05, 0) is 38.1 Å². The molecule has 19 heavy (non-hydrogen) atoms. The third-order valence-corrected chi connectivity index (χ3v) is 3.74. The summed E-state index contributed by atoms with van der Waals surface area (Å²) in [4.78, 5) is 12.9. The number of amides is 1. The van der Waals surface area contributed by atoms with Crippen LogP contribution in [0.1, 0.15) is 12.7 Å². The van der Waals surface area contributed by atoms with Crippen LogP contribution in [0.15, 0.2) is 39.8 Å². The van der Waals surface area contributed by atoms with Crippen molar-refractivity contribution in [2.75, 3.05) is 5.32 Å². The summed E-state index contributed by atoms with van der Waals surface area (Å²) in [6, 6.07) is 9.05. The Balaban J connectivity index is 1.94. The summed E-state index contributed by atoms with van der Waals surface area (Å²) >= 11 is 7.27. The first-order valence-corrected chi connectivity index (χ1v) is 6.97. The SMILES string of the molecule is Cc1cc(NC(=O)[C@H](C)Sc2ccc(Cl)cc2)no1. The third kappa shape index (κ3) is 4.01. The molecule has 0 radical (unpaired) electrons. The summed E-state index contributed by atoms with van der Waals surface area (Å²) < 4.78 is 4.89. The summed E-state index contributed by atoms with van der Waals surface area (Å²) in [5.41, 5.74) is 0. The molecule has 2 rings (SSSR count). The molecule has 0 spiro atoms. The second-order valence-corrected chi connectivity index (χ2v) is 5.88. The van der Waals surface area contributed by atoms with Gasteiger partial charge in [-0.1, -0.05) is 16.8 Å². The van der Waals surface area contributed by atoms with Gasteiger partial charge < -0.3 is 9.84 Å². The maximum absolute atomic E-state index is 12.0. The van der Waals surface area contributed by atoms with Crippen molar-refractivity contribution in [3.8, 4) is 0 Å². The van der Waals surface area contributed by atoms with E-state index in [0.29, 0.717) is 16.6 Å². The molecule has 100 valence electrons. The number of aryl methyl sites for hydroxylation is 1. The van der Waals surface area contributed by atoms with Gasteiger partial charge in [-0.15, -0.1) is 11.8 Å². The normalized spacial score (nSPS) is 12.2. The van der Waals surface area contributed by atoms with Crippen LogP contribution < -0.4 is 5.32 Å². The second kappa shape index (κ2) is 6.12. The van der Waals surface area contributed by atoms with E-state index in [-0.39, 0.29) is 11.2 Å². The average Bonchev–Trinajstić information content (AvgIpc) is 2.77. The first kappa shape index (κ1) is 14.0. The molecule has 0 aliphatic rings. The highest BCUT2D eigenvalue weighted by Gasteiger charge is 2.15. The molecule has 0 saturated carbocycles. The Morgan fingerprint density at radius 2 is 2.11 bits per heavy atom. The molecular weight excluding hydrogens is 284 g/mol. The highest BCUT2D eigenvalue weighted by molar-refractivity contribution is 8.00. The molecule has 1 heterocycles. The average molecular weight is 297 g/mol. The number of hydrogen-bond acceptors (Lipinski definition) is 4. The number of carbonyl (C=O) groups excluding carboxylic acids is 1. The van der Waals surface area contributed by atoms with Crippen LogP contribution in [0.25, 0.3) is 0 Å². The molecule has 1 N–H and O–H groups in total. The first-order chi connectivity index (χ1) is 9.04. The molecule has 6 heteroatoms. The van der Waals surface area contributed by atoms with Crippen LogP contribution in [0.4, 0.5) is 5.82 Å². The highest BCUT2D eigenvalue weighted by atomic mass is 35.5. The lowest BCUT2D eigenvalue weighted by atomic mass is 10.4. The minimum Gasteiger partial charge on any atom is -0.360 e. The fraction of sp³-hybridized carbons (Fsp3) is 0.231. The number of halogens is 1. The van der Waals surface area contributed by atoms with Crippen molar-refractivity contribution >= 4 is 35.1 Å². The van der Waals surface area contributed by atoms with Crippen LogP contribution in [-0.4, -0.2) is 16.3 Å². The highest BCUT2D eigenvalue weighted by Crippen LogP contribution is 2.25. The van der Waals surface area contributed by atoms with E-state index in [1.165, 1.54) is 11.8 Å². The van der Waals surface area contributed by atoms with Crippen molar-refractivity contribution in [2.24, 2.45) is 0 Å². The zero-order valence-corrected chi connectivity index (χ0v) is 12.1. The van der Waals surface area contributed by atoms with Crippen LogP contribution in [0, 0.1) is 6.92 Å². The van der Waals surface area contributed by atoms with Gasteiger partial charge in [-0.3, -0.25) is 4.79 Å². The van der Waals surface area contributed by atoms with Gasteiger partial charge in [0.25, 0.3) is 0 Å². The lowest BCUT2D eigenvalue weighted by Crippen LogP contribution is -2.22. The van der Waals surface area contributed by atoms with Crippen molar-refractivity contribution in [3.05, 3.63) is 41.1 Å². The van der Waals surface area contributed by atoms with E-state index in [4.69, 9.17) is 16.1 Å². The molecule has 0 unspecified atom stereocenters. The van der Waals surface area contributed by atoms with E-state index >= 15 is 0 Å². The van der Waals surface area contributed by atoms with E-state index in [1.807, 2.05) is 19.1 Å². The van der Waals surface area contributed by atoms with Gasteiger partial charge in [0.1, 0.15) is 5.76 Å². The maximum atomic E-state index is 12.0. The number of anilines is 1. The third-order valence-electron chi connectivity index (χ3n) is 2.37. The van der Waals surface area contributed by atoms with Crippen LogP contribution in [0.2, 0.25) is 5.02 Å². The summed E-state index contributed by atoms with van der Waals surface area (Å²) in [5.74, 6) is 0.979. The smallest absolute Gasteiger partial charge is 0.238 e. The summed E-state index contributed by atoms with van der Waals surface area (Å²) in [7, 11) is 0. The molecule has 1 aromatic heterocycles. The predicted molar refractivity (Wildman–Crippen MR) is 76.6 cm³/mol. The minimum atomic E-state index is -0.238. The van der Waals surface area contributed by atoms with Gasteiger partial charge >= 0.3 is 0 Å². The summed E-state index contributed by atoms with van der Waals surface area (Å²) in [6.45, 7) is 3.61. The number of carbonyl (C=O) groups is 1. The molecule has 2 aromatic rings. The van der Waals surface area contributed by atoms with E-state index in [0.717, 1.165) is 4.90 Å². The molecule has 0 fully saturated rings. The standard InChI is InChI=1S/C13H13ClN2O2S/c1-8-7-12(16-18-8)15-13(17)9(2)19-11-5-3-10(14)4-6-11/h3-7,9H,1-2H3,(H,15,16,17)/t9-/m0/s1. The van der Waals surface area contributed by atoms with Gasteiger partial charge in [-0.25, -0.2) is 0 Å². The molecule has 1 aromatic carbocycles. The number of aromatic nitrogens is 1. The number of nitrogens with zero attached hydrogens (tertiary/aromatic N) is 1.